The molecule has 1 aliphatic rings. The van der Waals surface area contributed by atoms with E-state index >= 15 is 0 Å². The first-order valence-corrected chi connectivity index (χ1v) is 7.69. The molecule has 1 aliphatic heterocycles. The zero-order valence-electron chi connectivity index (χ0n) is 12.0. The lowest BCUT2D eigenvalue weighted by molar-refractivity contribution is -0.121. The second-order valence-electron chi connectivity index (χ2n) is 5.09. The maximum absolute atomic E-state index is 12.2. The van der Waals surface area contributed by atoms with E-state index in [4.69, 9.17) is 10.5 Å². The fourth-order valence-corrected chi connectivity index (χ4v) is 3.36. The van der Waals surface area contributed by atoms with Gasteiger partial charge in [-0.1, -0.05) is 17.4 Å². The number of thiazole rings is 1. The molecule has 7 nitrogen and oxygen atoms in total. The lowest BCUT2D eigenvalue weighted by Gasteiger charge is -2.15. The Hall–Kier alpha value is -2.35. The highest BCUT2D eigenvalue weighted by atomic mass is 32.1. The monoisotopic (exact) mass is 320 g/mol. The van der Waals surface area contributed by atoms with Crippen molar-refractivity contribution in [3.8, 4) is 5.75 Å². The number of aromatic nitrogens is 1. The summed E-state index contributed by atoms with van der Waals surface area (Å²) in [4.78, 5) is 29.3. The Morgan fingerprint density at radius 2 is 2.32 bits per heavy atom. The molecule has 8 heteroatoms. The second-order valence-corrected chi connectivity index (χ2v) is 6.12. The van der Waals surface area contributed by atoms with Crippen LogP contribution in [0.1, 0.15) is 6.42 Å². The number of fused-ring (bicyclic) bond motifs is 1. The maximum atomic E-state index is 12.2. The highest BCUT2D eigenvalue weighted by Crippen LogP contribution is 2.32. The zero-order chi connectivity index (χ0) is 15.7. The number of hydrogen-bond donors (Lipinski definition) is 2. The minimum absolute atomic E-state index is 0.262. The van der Waals surface area contributed by atoms with Gasteiger partial charge in [-0.15, -0.1) is 0 Å². The third-order valence-corrected chi connectivity index (χ3v) is 4.63. The number of nitrogens with zero attached hydrogens (tertiary/aromatic N) is 2. The fraction of sp³-hybridized carbons (Fsp3) is 0.357. The first-order chi connectivity index (χ1) is 10.6. The van der Waals surface area contributed by atoms with E-state index in [1.807, 2.05) is 18.2 Å². The second kappa shape index (κ2) is 5.80. The Morgan fingerprint density at radius 1 is 1.50 bits per heavy atom. The fourth-order valence-electron chi connectivity index (χ4n) is 2.49. The highest BCUT2D eigenvalue weighted by molar-refractivity contribution is 7.22. The van der Waals surface area contributed by atoms with Gasteiger partial charge in [0.05, 0.1) is 17.7 Å². The number of nitrogens with one attached hydrogen (secondary N) is 1. The van der Waals surface area contributed by atoms with Gasteiger partial charge in [0.2, 0.25) is 5.91 Å². The molecule has 22 heavy (non-hydrogen) atoms. The van der Waals surface area contributed by atoms with E-state index in [0.717, 1.165) is 10.2 Å². The van der Waals surface area contributed by atoms with Gasteiger partial charge in [0.1, 0.15) is 11.3 Å². The summed E-state index contributed by atoms with van der Waals surface area (Å²) in [5, 5.41) is 3.28. The summed E-state index contributed by atoms with van der Waals surface area (Å²) in [5.74, 6) is 0.0467. The number of ether oxygens (including phenoxy) is 1. The molecule has 2 heterocycles. The standard InChI is InChI=1S/C14H16N4O3S/c1-21-9-3-2-4-10-11(9)16-13(22-10)17-14(20)18-6-5-8(7-18)12(15)19/h2-4,8H,5-7H2,1H3,(H2,15,19)(H,16,17,20)/t8-/m1/s1. The van der Waals surface area contributed by atoms with Crippen molar-refractivity contribution in [2.45, 2.75) is 6.42 Å². The van der Waals surface area contributed by atoms with Crippen LogP contribution >= 0.6 is 11.3 Å². The molecule has 0 unspecified atom stereocenters. The molecule has 0 radical (unpaired) electrons. The average Bonchev–Trinajstić information content (AvgIpc) is 3.13. The van der Waals surface area contributed by atoms with Gasteiger partial charge in [-0.05, 0) is 18.6 Å². The van der Waals surface area contributed by atoms with Crippen LogP contribution in [0.4, 0.5) is 9.93 Å². The molecule has 116 valence electrons. The number of hydrogen-bond acceptors (Lipinski definition) is 5. The van der Waals surface area contributed by atoms with E-state index in [0.29, 0.717) is 30.4 Å². The molecule has 1 aromatic heterocycles. The van der Waals surface area contributed by atoms with E-state index in [1.54, 1.807) is 12.0 Å². The number of amides is 3. The molecule has 0 spiro atoms. The smallest absolute Gasteiger partial charge is 0.323 e. The Morgan fingerprint density at radius 3 is 3.00 bits per heavy atom. The van der Waals surface area contributed by atoms with E-state index in [1.165, 1.54) is 11.3 Å². The average molecular weight is 320 g/mol. The summed E-state index contributed by atoms with van der Waals surface area (Å²) in [7, 11) is 1.58. The first kappa shape index (κ1) is 14.6. The van der Waals surface area contributed by atoms with Crippen LogP contribution in [0.15, 0.2) is 18.2 Å². The van der Waals surface area contributed by atoms with Crippen molar-refractivity contribution in [3.05, 3.63) is 18.2 Å². The maximum Gasteiger partial charge on any atom is 0.323 e. The number of nitrogens with two attached hydrogens (primary N) is 1. The highest BCUT2D eigenvalue weighted by Gasteiger charge is 2.30. The number of para-hydroxylation sites is 1. The van der Waals surface area contributed by atoms with Crippen LogP contribution in [-0.2, 0) is 4.79 Å². The van der Waals surface area contributed by atoms with Gasteiger partial charge >= 0.3 is 6.03 Å². The quantitative estimate of drug-likeness (QED) is 0.898. The van der Waals surface area contributed by atoms with Gasteiger partial charge in [-0.25, -0.2) is 9.78 Å². The van der Waals surface area contributed by atoms with Gasteiger partial charge in [0, 0.05) is 13.1 Å². The van der Waals surface area contributed by atoms with Gasteiger partial charge < -0.3 is 15.4 Å². The van der Waals surface area contributed by atoms with Crippen LogP contribution in [0.2, 0.25) is 0 Å². The van der Waals surface area contributed by atoms with E-state index in [9.17, 15) is 9.59 Å². The molecule has 3 rings (SSSR count). The number of rotatable bonds is 3. The van der Waals surface area contributed by atoms with Crippen LogP contribution in [0.3, 0.4) is 0 Å². The molecule has 3 amide bonds. The van der Waals surface area contributed by atoms with Crippen LogP contribution in [0.5, 0.6) is 5.75 Å². The number of urea groups is 1. The molecular formula is C14H16N4O3S. The number of methoxy groups -OCH3 is 1. The number of benzene rings is 1. The third-order valence-electron chi connectivity index (χ3n) is 3.69. The SMILES string of the molecule is COc1cccc2sc(NC(=O)N3CC[C@@H](C(N)=O)C3)nc12. The molecule has 1 atom stereocenters. The van der Waals surface area contributed by atoms with Crippen LogP contribution in [-0.4, -0.2) is 42.0 Å². The molecule has 1 saturated heterocycles. The van der Waals surface area contributed by atoms with E-state index in [2.05, 4.69) is 10.3 Å². The molecule has 0 saturated carbocycles. The predicted molar refractivity (Wildman–Crippen MR) is 84.1 cm³/mol. The van der Waals surface area contributed by atoms with Crippen molar-refractivity contribution in [1.29, 1.82) is 0 Å². The van der Waals surface area contributed by atoms with Gasteiger partial charge in [0.25, 0.3) is 0 Å². The lowest BCUT2D eigenvalue weighted by atomic mass is 10.1. The Balaban J connectivity index is 1.73. The van der Waals surface area contributed by atoms with Crippen molar-refractivity contribution in [2.75, 3.05) is 25.5 Å². The Bertz CT molecular complexity index is 730. The van der Waals surface area contributed by atoms with Crippen molar-refractivity contribution < 1.29 is 14.3 Å². The molecule has 2 aromatic rings. The predicted octanol–water partition coefficient (Wildman–Crippen LogP) is 1.64. The Kier molecular flexibility index (Phi) is 3.84. The number of carbonyl (C=O) groups excluding carboxylic acids is 2. The van der Waals surface area contributed by atoms with Crippen LogP contribution in [0, 0.1) is 5.92 Å². The van der Waals surface area contributed by atoms with Crippen LogP contribution < -0.4 is 15.8 Å². The summed E-state index contributed by atoms with van der Waals surface area (Å²) < 4.78 is 6.19. The summed E-state index contributed by atoms with van der Waals surface area (Å²) >= 11 is 1.38. The largest absolute Gasteiger partial charge is 0.494 e. The van der Waals surface area contributed by atoms with Crippen molar-refractivity contribution >= 4 is 38.6 Å². The van der Waals surface area contributed by atoms with Gasteiger partial charge in [-0.3, -0.25) is 10.1 Å². The molecule has 0 aliphatic carbocycles. The third kappa shape index (κ3) is 2.69. The normalized spacial score (nSPS) is 17.7. The lowest BCUT2D eigenvalue weighted by Crippen LogP contribution is -2.34. The minimum atomic E-state index is -0.361. The molecule has 0 bridgehead atoms. The molecule has 3 N–H and O–H groups in total. The van der Waals surface area contributed by atoms with E-state index in [-0.39, 0.29) is 17.9 Å². The van der Waals surface area contributed by atoms with Gasteiger partial charge in [0.15, 0.2) is 5.13 Å². The molecular weight excluding hydrogens is 304 g/mol. The van der Waals surface area contributed by atoms with Crippen molar-refractivity contribution in [3.63, 3.8) is 0 Å². The minimum Gasteiger partial charge on any atom is -0.494 e. The molecule has 1 fully saturated rings. The van der Waals surface area contributed by atoms with Crippen LogP contribution in [0.25, 0.3) is 10.2 Å². The number of likely N-dealkylation sites (tertiary alicyclic amines) is 1. The number of anilines is 1. The Labute approximate surface area is 131 Å². The summed E-state index contributed by atoms with van der Waals surface area (Å²) in [6.07, 6.45) is 0.608. The van der Waals surface area contributed by atoms with E-state index < -0.39 is 0 Å². The summed E-state index contributed by atoms with van der Waals surface area (Å²) in [6.45, 7) is 0.878. The summed E-state index contributed by atoms with van der Waals surface area (Å²) in [6, 6.07) is 5.36. The zero-order valence-corrected chi connectivity index (χ0v) is 12.9. The number of carbonyl (C=O) groups is 2. The topological polar surface area (TPSA) is 97.5 Å². The van der Waals surface area contributed by atoms with Crippen molar-refractivity contribution in [2.24, 2.45) is 11.7 Å². The molecule has 1 aromatic carbocycles. The van der Waals surface area contributed by atoms with Gasteiger partial charge in [-0.2, -0.15) is 0 Å². The summed E-state index contributed by atoms with van der Waals surface area (Å²) in [5.41, 5.74) is 6.00. The first-order valence-electron chi connectivity index (χ1n) is 6.87. The van der Waals surface area contributed by atoms with Crippen molar-refractivity contribution in [1.82, 2.24) is 9.88 Å². The number of primary amides is 1.